The second-order valence-corrected chi connectivity index (χ2v) is 17.7. The molecule has 4 aliphatic heterocycles. The molecule has 3 aromatic heterocycles. The molecule has 4 fully saturated rings. The van der Waals surface area contributed by atoms with Gasteiger partial charge in [0.2, 0.25) is 23.5 Å². The number of nitrogens with one attached hydrogen (secondary N) is 3. The number of hydrogen-bond acceptors (Lipinski definition) is 11. The van der Waals surface area contributed by atoms with Crippen LogP contribution in [0.25, 0.3) is 21.8 Å². The number of halogens is 4. The van der Waals surface area contributed by atoms with Gasteiger partial charge < -0.3 is 29.7 Å². The molecule has 1 aliphatic carbocycles. The summed E-state index contributed by atoms with van der Waals surface area (Å²) in [6.45, 7) is 3.10. The highest BCUT2D eigenvalue weighted by Gasteiger charge is 2.51. The van der Waals surface area contributed by atoms with Gasteiger partial charge in [-0.1, -0.05) is 0 Å². The highest BCUT2D eigenvalue weighted by molar-refractivity contribution is 6.02. The van der Waals surface area contributed by atoms with Crippen molar-refractivity contribution in [3.05, 3.63) is 69.8 Å². The number of piperidine rings is 3. The van der Waals surface area contributed by atoms with E-state index in [0.29, 0.717) is 77.5 Å². The first-order valence-corrected chi connectivity index (χ1v) is 21.5. The van der Waals surface area contributed by atoms with Crippen molar-refractivity contribution in [2.75, 3.05) is 54.9 Å². The Morgan fingerprint density at radius 3 is 2.42 bits per heavy atom. The maximum Gasteiger partial charge on any atom is 0.301 e. The van der Waals surface area contributed by atoms with E-state index in [1.54, 1.807) is 37.0 Å². The fourth-order valence-electron chi connectivity index (χ4n) is 9.97. The van der Waals surface area contributed by atoms with Gasteiger partial charge in [-0.05, 0) is 112 Å². The molecule has 14 nitrogen and oxygen atoms in total. The minimum absolute atomic E-state index is 0.0319. The summed E-state index contributed by atoms with van der Waals surface area (Å²) < 4.78 is 69.8. The first kappa shape index (κ1) is 40.3. The number of aryl methyl sites for hydroxylation is 2. The van der Waals surface area contributed by atoms with Crippen molar-refractivity contribution in [1.29, 1.82) is 0 Å². The van der Waals surface area contributed by atoms with Crippen molar-refractivity contribution in [3.8, 4) is 5.75 Å². The van der Waals surface area contributed by atoms with Gasteiger partial charge in [0, 0.05) is 56.6 Å². The number of nitrogens with zero attached hydrogens (tertiary/aromatic N) is 7. The number of carbonyl (C=O) groups excluding carboxylic acids is 2. The third kappa shape index (κ3) is 7.38. The van der Waals surface area contributed by atoms with Crippen LogP contribution < -0.4 is 31.1 Å². The van der Waals surface area contributed by atoms with Gasteiger partial charge in [-0.25, -0.2) is 22.5 Å². The molecule has 3 saturated heterocycles. The van der Waals surface area contributed by atoms with E-state index in [9.17, 15) is 14.4 Å². The Morgan fingerprint density at radius 1 is 0.903 bits per heavy atom. The third-order valence-electron chi connectivity index (χ3n) is 13.6. The second-order valence-electron chi connectivity index (χ2n) is 17.7. The van der Waals surface area contributed by atoms with Crippen LogP contribution in [0.3, 0.4) is 0 Å². The lowest BCUT2D eigenvalue weighted by Gasteiger charge is -2.38. The van der Waals surface area contributed by atoms with E-state index in [2.05, 4.69) is 35.9 Å². The van der Waals surface area contributed by atoms with Gasteiger partial charge in [-0.2, -0.15) is 10.1 Å². The third-order valence-corrected chi connectivity index (χ3v) is 13.6. The van der Waals surface area contributed by atoms with Gasteiger partial charge in [0.25, 0.3) is 5.56 Å². The summed E-state index contributed by atoms with van der Waals surface area (Å²) in [5.41, 5.74) is 2.57. The minimum atomic E-state index is -3.17. The van der Waals surface area contributed by atoms with E-state index in [1.165, 1.54) is 10.6 Å². The van der Waals surface area contributed by atoms with Crippen LogP contribution in [0.5, 0.6) is 5.75 Å². The molecule has 62 heavy (non-hydrogen) atoms. The van der Waals surface area contributed by atoms with Gasteiger partial charge in [-0.3, -0.25) is 24.4 Å². The van der Waals surface area contributed by atoms with Gasteiger partial charge in [0.15, 0.2) is 18.2 Å². The van der Waals surface area contributed by atoms with Crippen molar-refractivity contribution >= 4 is 56.8 Å². The zero-order chi connectivity index (χ0) is 43.0. The van der Waals surface area contributed by atoms with Crippen LogP contribution in [-0.4, -0.2) is 92.3 Å². The number of anilines is 4. The Bertz CT molecular complexity index is 2670. The van der Waals surface area contributed by atoms with E-state index in [1.807, 2.05) is 11.0 Å². The second kappa shape index (κ2) is 15.5. The lowest BCUT2D eigenvalue weighted by atomic mass is 9.86. The summed E-state index contributed by atoms with van der Waals surface area (Å²) in [5, 5.41) is 14.1. The standard InChI is InChI=1S/C44H48F4N10O4/c1-55-33-7-5-26(17-29(33)37-38(42(55)61)62-22-44(47,48)39(52-37)25-3-4-25)50-40-32(46)20-49-43(53-40)58-15-9-23(10-16-58)21-57-13-11-24(12-14-57)28-19-34-30(18-31(28)45)36(54-56(34)2)27-6-8-35(59)51-41(27)60/h5,7,17-20,23-25,27,39,52H,3-4,6,8-16,21-22H2,1-2H3,(H,49,50,53)(H,51,59,60)/t27?,39-/m0/s1. The number of carbonyl (C=O) groups is 2. The van der Waals surface area contributed by atoms with Crippen molar-refractivity contribution < 1.29 is 31.9 Å². The number of rotatable bonds is 8. The summed E-state index contributed by atoms with van der Waals surface area (Å²) in [7, 11) is 3.35. The van der Waals surface area contributed by atoms with Crippen LogP contribution in [0.4, 0.5) is 40.7 Å². The Labute approximate surface area is 354 Å². The SMILES string of the molecule is Cn1nc(C2CCC(=O)NC2=O)c2cc(F)c(C3CCN(CC4CCN(c5ncc(F)c(Nc6ccc7c(c6)c6c(c(=O)n7C)OCC(F)(F)[C@H](C7CC7)N6)n5)CC4)CC3)cc21. The van der Waals surface area contributed by atoms with E-state index >= 15 is 17.6 Å². The van der Waals surface area contributed by atoms with Crippen LogP contribution in [0, 0.1) is 23.5 Å². The molecule has 2 amide bonds. The molecular weight excluding hydrogens is 809 g/mol. The quantitative estimate of drug-likeness (QED) is 0.123. The number of fused-ring (bicyclic) bond motifs is 4. The van der Waals surface area contributed by atoms with E-state index < -0.39 is 41.8 Å². The summed E-state index contributed by atoms with van der Waals surface area (Å²) in [6.07, 6.45) is 6.48. The van der Waals surface area contributed by atoms with Crippen molar-refractivity contribution in [3.63, 3.8) is 0 Å². The molecule has 0 radical (unpaired) electrons. The molecule has 3 N–H and O–H groups in total. The van der Waals surface area contributed by atoms with Crippen LogP contribution in [0.1, 0.15) is 74.5 Å². The molecule has 2 aromatic carbocycles. The smallest absolute Gasteiger partial charge is 0.301 e. The minimum Gasteiger partial charge on any atom is -0.480 e. The van der Waals surface area contributed by atoms with E-state index in [-0.39, 0.29) is 47.2 Å². The van der Waals surface area contributed by atoms with Crippen molar-refractivity contribution in [2.24, 2.45) is 25.9 Å². The highest BCUT2D eigenvalue weighted by atomic mass is 19.3. The number of imide groups is 1. The largest absolute Gasteiger partial charge is 0.480 e. The zero-order valence-electron chi connectivity index (χ0n) is 34.5. The van der Waals surface area contributed by atoms with Crippen molar-refractivity contribution in [2.45, 2.75) is 75.2 Å². The monoisotopic (exact) mass is 856 g/mol. The average Bonchev–Trinajstić information content (AvgIpc) is 4.06. The maximum absolute atomic E-state index is 15.7. The number of ether oxygens (including phenoxy) is 1. The molecule has 5 aromatic rings. The number of pyridine rings is 1. The zero-order valence-corrected chi connectivity index (χ0v) is 34.5. The molecule has 326 valence electrons. The lowest BCUT2D eigenvalue weighted by molar-refractivity contribution is -0.134. The molecule has 1 saturated carbocycles. The predicted molar refractivity (Wildman–Crippen MR) is 224 cm³/mol. The van der Waals surface area contributed by atoms with Crippen LogP contribution in [0.2, 0.25) is 0 Å². The fourth-order valence-corrected chi connectivity index (χ4v) is 9.97. The molecule has 7 heterocycles. The van der Waals surface area contributed by atoms with Gasteiger partial charge in [0.05, 0.1) is 40.6 Å². The van der Waals surface area contributed by atoms with E-state index in [0.717, 1.165) is 57.0 Å². The number of likely N-dealkylation sites (tertiary alicyclic amines) is 1. The summed E-state index contributed by atoms with van der Waals surface area (Å²) in [4.78, 5) is 50.9. The summed E-state index contributed by atoms with van der Waals surface area (Å²) in [6, 6.07) is 7.26. The van der Waals surface area contributed by atoms with Crippen LogP contribution >= 0.6 is 0 Å². The predicted octanol–water partition coefficient (Wildman–Crippen LogP) is 6.07. The Balaban J connectivity index is 0.770. The Kier molecular flexibility index (Phi) is 10.1. The molecule has 5 aliphatic rings. The highest BCUT2D eigenvalue weighted by Crippen LogP contribution is 2.46. The van der Waals surface area contributed by atoms with Crippen LogP contribution in [-0.2, 0) is 23.7 Å². The topological polar surface area (TPSA) is 152 Å². The van der Waals surface area contributed by atoms with Gasteiger partial charge >= 0.3 is 5.92 Å². The Hall–Kier alpha value is -5.78. The lowest BCUT2D eigenvalue weighted by Crippen LogP contribution is -2.44. The molecule has 1 unspecified atom stereocenters. The average molecular weight is 857 g/mol. The van der Waals surface area contributed by atoms with Crippen LogP contribution in [0.15, 0.2) is 41.3 Å². The summed E-state index contributed by atoms with van der Waals surface area (Å²) >= 11 is 0. The number of benzene rings is 2. The molecule has 0 bridgehead atoms. The normalized spacial score (nSPS) is 22.6. The van der Waals surface area contributed by atoms with Crippen molar-refractivity contribution in [1.82, 2.24) is 34.5 Å². The summed E-state index contributed by atoms with van der Waals surface area (Å²) in [5.74, 6) is -4.94. The van der Waals surface area contributed by atoms with E-state index in [4.69, 9.17) is 4.74 Å². The van der Waals surface area contributed by atoms with Gasteiger partial charge in [0.1, 0.15) is 5.82 Å². The molecular formula is C44H48F4N10O4. The molecule has 0 spiro atoms. The number of hydrogen-bond donors (Lipinski definition) is 3. The van der Waals surface area contributed by atoms with Gasteiger partial charge in [-0.15, -0.1) is 0 Å². The number of alkyl halides is 2. The number of aromatic nitrogens is 5. The molecule has 2 atom stereocenters. The number of amides is 2. The first-order chi connectivity index (χ1) is 29.8. The maximum atomic E-state index is 15.7. The Morgan fingerprint density at radius 2 is 1.68 bits per heavy atom. The molecule has 18 heteroatoms. The molecule has 10 rings (SSSR count). The first-order valence-electron chi connectivity index (χ1n) is 21.5. The fraction of sp³-hybridized carbons (Fsp3) is 0.500.